The van der Waals surface area contributed by atoms with Gasteiger partial charge in [0.1, 0.15) is 6.54 Å². The average molecular weight is 592 g/mol. The quantitative estimate of drug-likeness (QED) is 0.275. The first-order valence-electron chi connectivity index (χ1n) is 11.2. The molecule has 1 unspecified atom stereocenters. The van der Waals surface area contributed by atoms with Crippen molar-refractivity contribution in [2.75, 3.05) is 11.9 Å². The molecule has 2 aromatic heterocycles. The summed E-state index contributed by atoms with van der Waals surface area (Å²) in [5.74, 6) is -3.46. The molecule has 0 fully saturated rings. The number of rotatable bonds is 9. The van der Waals surface area contributed by atoms with E-state index < -0.39 is 43.5 Å². The maximum absolute atomic E-state index is 13.5. The van der Waals surface area contributed by atoms with Crippen LogP contribution in [0.2, 0.25) is 10.0 Å². The smallest absolute Gasteiger partial charge is 0.382 e. The fourth-order valence-corrected chi connectivity index (χ4v) is 3.84. The van der Waals surface area contributed by atoms with Crippen LogP contribution in [0.5, 0.6) is 0 Å². The number of aliphatic hydroxyl groups excluding tert-OH is 1. The van der Waals surface area contributed by atoms with E-state index in [2.05, 4.69) is 20.5 Å². The Hall–Kier alpha value is -3.49. The van der Waals surface area contributed by atoms with Gasteiger partial charge in [-0.15, -0.1) is 10.2 Å². The van der Waals surface area contributed by atoms with E-state index in [4.69, 9.17) is 23.2 Å². The molecule has 0 spiro atoms. The molecule has 39 heavy (non-hydrogen) atoms. The van der Waals surface area contributed by atoms with Gasteiger partial charge in [-0.1, -0.05) is 35.3 Å². The molecule has 0 amide bonds. The van der Waals surface area contributed by atoms with E-state index in [1.165, 1.54) is 28.9 Å². The number of halogens is 7. The number of aliphatic hydroxyl groups is 1. The standard InChI is InChI=1S/C23H20Cl2F5N7O2/c1-22(26,27)12-31-20-32-18(33-37(20)16-5-3-2-4-15(16)25)11-36-21(39)35(10-17(38)23(28,29)30)19(34-36)13-6-8-14(24)9-7-13/h2-9,17,38H,10-12H2,1H3,(H,31,32,33). The molecule has 4 aromatic rings. The molecule has 208 valence electrons. The molecule has 2 aromatic carbocycles. The van der Waals surface area contributed by atoms with E-state index in [9.17, 15) is 31.9 Å². The van der Waals surface area contributed by atoms with Crippen molar-refractivity contribution in [3.05, 3.63) is 74.9 Å². The second-order valence-electron chi connectivity index (χ2n) is 8.58. The minimum atomic E-state index is -4.99. The van der Waals surface area contributed by atoms with Crippen LogP contribution in [0.3, 0.4) is 0 Å². The lowest BCUT2D eigenvalue weighted by Gasteiger charge is -2.15. The van der Waals surface area contributed by atoms with Gasteiger partial charge in [0, 0.05) is 17.5 Å². The number of hydrogen-bond acceptors (Lipinski definition) is 6. The van der Waals surface area contributed by atoms with Gasteiger partial charge >= 0.3 is 11.9 Å². The number of para-hydroxylation sites is 1. The van der Waals surface area contributed by atoms with Gasteiger partial charge in [-0.25, -0.2) is 18.3 Å². The zero-order valence-corrected chi connectivity index (χ0v) is 21.5. The van der Waals surface area contributed by atoms with Crippen LogP contribution in [0.4, 0.5) is 27.9 Å². The average Bonchev–Trinajstić information content (AvgIpc) is 3.39. The van der Waals surface area contributed by atoms with Crippen molar-refractivity contribution >= 4 is 29.2 Å². The first kappa shape index (κ1) is 28.5. The number of benzene rings is 2. The van der Waals surface area contributed by atoms with E-state index in [-0.39, 0.29) is 28.2 Å². The summed E-state index contributed by atoms with van der Waals surface area (Å²) in [6.45, 7) is -1.65. The van der Waals surface area contributed by atoms with Crippen molar-refractivity contribution in [3.63, 3.8) is 0 Å². The molecule has 9 nitrogen and oxygen atoms in total. The number of alkyl halides is 5. The molecule has 0 saturated carbocycles. The summed E-state index contributed by atoms with van der Waals surface area (Å²) in [7, 11) is 0. The Balaban J connectivity index is 1.76. The maximum atomic E-state index is 13.5. The minimum absolute atomic E-state index is 0.0809. The van der Waals surface area contributed by atoms with Crippen LogP contribution in [0, 0.1) is 0 Å². The Labute approximate surface area is 227 Å². The summed E-state index contributed by atoms with van der Waals surface area (Å²) in [6, 6.07) is 12.2. The lowest BCUT2D eigenvalue weighted by Crippen LogP contribution is -2.37. The van der Waals surface area contributed by atoms with Crippen molar-refractivity contribution < 1.29 is 27.1 Å². The van der Waals surface area contributed by atoms with Gasteiger partial charge in [-0.2, -0.15) is 22.8 Å². The third-order valence-electron chi connectivity index (χ3n) is 5.34. The Kier molecular flexibility index (Phi) is 8.00. The summed E-state index contributed by atoms with van der Waals surface area (Å²) < 4.78 is 69.0. The summed E-state index contributed by atoms with van der Waals surface area (Å²) in [5.41, 5.74) is -0.438. The highest BCUT2D eigenvalue weighted by Crippen LogP contribution is 2.25. The maximum Gasteiger partial charge on any atom is 0.416 e. The van der Waals surface area contributed by atoms with Gasteiger partial charge in [0.25, 0.3) is 5.92 Å². The van der Waals surface area contributed by atoms with Crippen LogP contribution >= 0.6 is 23.2 Å². The topological polar surface area (TPSA) is 103 Å². The molecule has 16 heteroatoms. The molecule has 0 aliphatic carbocycles. The van der Waals surface area contributed by atoms with Gasteiger partial charge < -0.3 is 10.4 Å². The fourth-order valence-electron chi connectivity index (χ4n) is 3.49. The second kappa shape index (κ2) is 10.9. The largest absolute Gasteiger partial charge is 0.416 e. The van der Waals surface area contributed by atoms with E-state index in [1.54, 1.807) is 24.3 Å². The highest BCUT2D eigenvalue weighted by Gasteiger charge is 2.39. The van der Waals surface area contributed by atoms with Crippen LogP contribution in [0.1, 0.15) is 12.7 Å². The van der Waals surface area contributed by atoms with Crippen LogP contribution < -0.4 is 11.0 Å². The molecule has 2 N–H and O–H groups in total. The van der Waals surface area contributed by atoms with E-state index in [0.29, 0.717) is 22.2 Å². The lowest BCUT2D eigenvalue weighted by molar-refractivity contribution is -0.207. The van der Waals surface area contributed by atoms with E-state index in [0.717, 1.165) is 4.68 Å². The predicted octanol–water partition coefficient (Wildman–Crippen LogP) is 4.64. The summed E-state index contributed by atoms with van der Waals surface area (Å²) in [6.07, 6.45) is -7.83. The van der Waals surface area contributed by atoms with Gasteiger partial charge in [0.05, 0.1) is 23.8 Å². The number of hydrogen-bond donors (Lipinski definition) is 2. The van der Waals surface area contributed by atoms with Gasteiger partial charge in [0.15, 0.2) is 17.8 Å². The lowest BCUT2D eigenvalue weighted by atomic mass is 10.2. The fraction of sp³-hybridized carbons (Fsp3) is 0.304. The molecular weight excluding hydrogens is 572 g/mol. The molecule has 0 aliphatic rings. The molecule has 0 saturated heterocycles. The molecule has 0 bridgehead atoms. The van der Waals surface area contributed by atoms with Crippen LogP contribution in [0.25, 0.3) is 17.1 Å². The van der Waals surface area contributed by atoms with Crippen molar-refractivity contribution in [3.8, 4) is 17.1 Å². The summed E-state index contributed by atoms with van der Waals surface area (Å²) in [5, 5.41) is 21.1. The van der Waals surface area contributed by atoms with Crippen LogP contribution in [-0.4, -0.2) is 59.0 Å². The molecule has 0 radical (unpaired) electrons. The zero-order chi connectivity index (χ0) is 28.5. The van der Waals surface area contributed by atoms with E-state index in [1.807, 2.05) is 0 Å². The first-order chi connectivity index (χ1) is 18.2. The molecule has 2 heterocycles. The Morgan fingerprint density at radius 1 is 1.03 bits per heavy atom. The van der Waals surface area contributed by atoms with Crippen molar-refractivity contribution in [2.24, 2.45) is 0 Å². The molecule has 4 rings (SSSR count). The normalized spacial score (nSPS) is 13.1. The summed E-state index contributed by atoms with van der Waals surface area (Å²) in [4.78, 5) is 17.3. The van der Waals surface area contributed by atoms with E-state index >= 15 is 0 Å². The zero-order valence-electron chi connectivity index (χ0n) is 20.0. The SMILES string of the molecule is CC(F)(F)CNc1nc(Cn2nc(-c3ccc(Cl)cc3)n(CC(O)C(F)(F)F)c2=O)nn1-c1ccccc1Cl. The number of anilines is 1. The monoisotopic (exact) mass is 591 g/mol. The Morgan fingerprint density at radius 3 is 2.31 bits per heavy atom. The molecule has 1 atom stereocenters. The molecular formula is C23H20Cl2F5N7O2. The van der Waals surface area contributed by atoms with Crippen molar-refractivity contribution in [1.29, 1.82) is 0 Å². The third kappa shape index (κ3) is 6.75. The van der Waals surface area contributed by atoms with Crippen LogP contribution in [-0.2, 0) is 13.1 Å². The number of nitrogens with zero attached hydrogens (tertiary/aromatic N) is 6. The highest BCUT2D eigenvalue weighted by atomic mass is 35.5. The van der Waals surface area contributed by atoms with Gasteiger partial charge in [0.2, 0.25) is 5.95 Å². The third-order valence-corrected chi connectivity index (χ3v) is 5.91. The van der Waals surface area contributed by atoms with Crippen LogP contribution in [0.15, 0.2) is 53.3 Å². The molecule has 0 aliphatic heterocycles. The summed E-state index contributed by atoms with van der Waals surface area (Å²) >= 11 is 12.1. The second-order valence-corrected chi connectivity index (χ2v) is 9.42. The number of nitrogens with one attached hydrogen (secondary N) is 1. The highest BCUT2D eigenvalue weighted by molar-refractivity contribution is 6.32. The Bertz CT molecular complexity index is 1510. The first-order valence-corrected chi connectivity index (χ1v) is 12.0. The minimum Gasteiger partial charge on any atom is -0.382 e. The van der Waals surface area contributed by atoms with Gasteiger partial charge in [-0.3, -0.25) is 4.57 Å². The predicted molar refractivity (Wildman–Crippen MR) is 134 cm³/mol. The number of aromatic nitrogens is 6. The van der Waals surface area contributed by atoms with Gasteiger partial charge in [-0.05, 0) is 36.4 Å². The van der Waals surface area contributed by atoms with Crippen molar-refractivity contribution in [2.45, 2.75) is 38.2 Å². The van der Waals surface area contributed by atoms with Crippen molar-refractivity contribution in [1.82, 2.24) is 29.1 Å². The Morgan fingerprint density at radius 2 is 1.69 bits per heavy atom.